The highest BCUT2D eigenvalue weighted by atomic mass is 35.5. The van der Waals surface area contributed by atoms with E-state index in [1.807, 2.05) is 24.3 Å². The SMILES string of the molecule is O=CC1=Cc2ccccc2SC1(Cl)c1ccc(F)cc1. The van der Waals surface area contributed by atoms with E-state index >= 15 is 0 Å². The number of carbonyl (C=O) groups excluding carboxylic acids is 1. The molecule has 0 fully saturated rings. The quantitative estimate of drug-likeness (QED) is 0.595. The molecule has 0 aliphatic carbocycles. The summed E-state index contributed by atoms with van der Waals surface area (Å²) in [5.41, 5.74) is 2.13. The first kappa shape index (κ1) is 13.4. The lowest BCUT2D eigenvalue weighted by molar-refractivity contribution is -0.105. The summed E-state index contributed by atoms with van der Waals surface area (Å²) in [6, 6.07) is 13.7. The van der Waals surface area contributed by atoms with Crippen molar-refractivity contribution in [2.45, 2.75) is 9.10 Å². The summed E-state index contributed by atoms with van der Waals surface area (Å²) >= 11 is 8.08. The minimum absolute atomic E-state index is 0.327. The summed E-state index contributed by atoms with van der Waals surface area (Å²) in [7, 11) is 0. The van der Waals surface area contributed by atoms with Crippen LogP contribution in [0.5, 0.6) is 0 Å². The van der Waals surface area contributed by atoms with Crippen LogP contribution in [0.25, 0.3) is 6.08 Å². The van der Waals surface area contributed by atoms with E-state index in [4.69, 9.17) is 11.6 Å². The van der Waals surface area contributed by atoms with E-state index in [-0.39, 0.29) is 5.82 Å². The van der Waals surface area contributed by atoms with Gasteiger partial charge in [-0.05, 0) is 35.4 Å². The van der Waals surface area contributed by atoms with Crippen molar-refractivity contribution < 1.29 is 9.18 Å². The average Bonchev–Trinajstić information content (AvgIpc) is 2.47. The Hall–Kier alpha value is -1.58. The average molecular weight is 305 g/mol. The topological polar surface area (TPSA) is 17.1 Å². The lowest BCUT2D eigenvalue weighted by atomic mass is 10.0. The van der Waals surface area contributed by atoms with Crippen LogP contribution in [0, 0.1) is 5.82 Å². The van der Waals surface area contributed by atoms with Gasteiger partial charge < -0.3 is 0 Å². The first-order valence-corrected chi connectivity index (χ1v) is 7.23. The van der Waals surface area contributed by atoms with Gasteiger partial charge >= 0.3 is 0 Å². The van der Waals surface area contributed by atoms with Gasteiger partial charge in [0.1, 0.15) is 16.3 Å². The fourth-order valence-corrected chi connectivity index (χ4v) is 3.81. The van der Waals surface area contributed by atoms with E-state index in [1.54, 1.807) is 18.2 Å². The number of halogens is 2. The number of benzene rings is 2. The molecular weight excluding hydrogens is 295 g/mol. The van der Waals surface area contributed by atoms with Gasteiger partial charge in [-0.15, -0.1) is 0 Å². The van der Waals surface area contributed by atoms with Crippen LogP contribution in [0.4, 0.5) is 4.39 Å². The molecule has 100 valence electrons. The number of thioether (sulfide) groups is 1. The Balaban J connectivity index is 2.14. The van der Waals surface area contributed by atoms with Crippen LogP contribution in [0.15, 0.2) is 59.0 Å². The molecule has 0 amide bonds. The molecule has 2 aromatic carbocycles. The van der Waals surface area contributed by atoms with E-state index in [0.29, 0.717) is 11.1 Å². The highest BCUT2D eigenvalue weighted by Crippen LogP contribution is 2.54. The van der Waals surface area contributed by atoms with E-state index in [2.05, 4.69) is 0 Å². The first-order chi connectivity index (χ1) is 9.63. The molecule has 4 heteroatoms. The van der Waals surface area contributed by atoms with Crippen molar-refractivity contribution >= 4 is 35.7 Å². The monoisotopic (exact) mass is 304 g/mol. The van der Waals surface area contributed by atoms with Crippen LogP contribution in [0.2, 0.25) is 0 Å². The Kier molecular flexibility index (Phi) is 3.40. The van der Waals surface area contributed by atoms with Crippen LogP contribution >= 0.6 is 23.4 Å². The molecule has 1 nitrogen and oxygen atoms in total. The van der Waals surface area contributed by atoms with Crippen LogP contribution in [-0.2, 0) is 9.00 Å². The number of hydrogen-bond donors (Lipinski definition) is 0. The summed E-state index contributed by atoms with van der Waals surface area (Å²) in [6.07, 6.45) is 2.55. The molecule has 1 heterocycles. The molecule has 0 aromatic heterocycles. The standard InChI is InChI=1S/C16H10ClFOS/c17-16(12-5-7-14(18)8-6-12)13(10-19)9-11-3-1-2-4-15(11)20-16/h1-10H. The number of hydrogen-bond acceptors (Lipinski definition) is 2. The summed E-state index contributed by atoms with van der Waals surface area (Å²) in [6.45, 7) is 0. The summed E-state index contributed by atoms with van der Waals surface area (Å²) < 4.78 is 12.1. The van der Waals surface area contributed by atoms with Crippen LogP contribution in [-0.4, -0.2) is 6.29 Å². The van der Waals surface area contributed by atoms with Crippen molar-refractivity contribution in [3.8, 4) is 0 Å². The number of aldehydes is 1. The van der Waals surface area contributed by atoms with Gasteiger partial charge in [0.15, 0.2) is 0 Å². The molecule has 1 unspecified atom stereocenters. The van der Waals surface area contributed by atoms with Gasteiger partial charge in [-0.25, -0.2) is 4.39 Å². The molecule has 0 radical (unpaired) electrons. The Morgan fingerprint density at radius 1 is 1.10 bits per heavy atom. The van der Waals surface area contributed by atoms with E-state index in [0.717, 1.165) is 16.7 Å². The van der Waals surface area contributed by atoms with Gasteiger partial charge in [-0.3, -0.25) is 4.79 Å². The normalized spacial score (nSPS) is 21.0. The smallest absolute Gasteiger partial charge is 0.149 e. The Labute approximate surface area is 125 Å². The molecular formula is C16H10ClFOS. The van der Waals surface area contributed by atoms with Crippen molar-refractivity contribution in [3.63, 3.8) is 0 Å². The number of rotatable bonds is 2. The zero-order chi connectivity index (χ0) is 14.2. The fraction of sp³-hybridized carbons (Fsp3) is 0.0625. The highest BCUT2D eigenvalue weighted by molar-refractivity contribution is 8.01. The van der Waals surface area contributed by atoms with Gasteiger partial charge in [0.25, 0.3) is 0 Å². The largest absolute Gasteiger partial charge is 0.298 e. The Morgan fingerprint density at radius 2 is 1.80 bits per heavy atom. The van der Waals surface area contributed by atoms with Gasteiger partial charge in [-0.1, -0.05) is 53.7 Å². The minimum Gasteiger partial charge on any atom is -0.298 e. The van der Waals surface area contributed by atoms with Gasteiger partial charge in [0.2, 0.25) is 0 Å². The Morgan fingerprint density at radius 3 is 2.50 bits per heavy atom. The molecule has 1 aliphatic heterocycles. The van der Waals surface area contributed by atoms with Gasteiger partial charge in [0, 0.05) is 10.5 Å². The predicted molar refractivity (Wildman–Crippen MR) is 80.3 cm³/mol. The molecule has 2 aromatic rings. The Bertz CT molecular complexity index is 696. The second-order valence-electron chi connectivity index (χ2n) is 4.46. The third-order valence-electron chi connectivity index (χ3n) is 3.19. The zero-order valence-corrected chi connectivity index (χ0v) is 11.9. The highest BCUT2D eigenvalue weighted by Gasteiger charge is 2.38. The maximum Gasteiger partial charge on any atom is 0.149 e. The summed E-state index contributed by atoms with van der Waals surface area (Å²) in [5.74, 6) is -0.327. The maximum atomic E-state index is 13.1. The van der Waals surface area contributed by atoms with Crippen molar-refractivity contribution in [3.05, 3.63) is 71.0 Å². The third kappa shape index (κ3) is 2.17. The molecule has 0 saturated carbocycles. The first-order valence-electron chi connectivity index (χ1n) is 6.04. The second kappa shape index (κ2) is 5.08. The molecule has 20 heavy (non-hydrogen) atoms. The fourth-order valence-electron chi connectivity index (χ4n) is 2.16. The predicted octanol–water partition coefficient (Wildman–Crippen LogP) is 4.61. The van der Waals surface area contributed by atoms with Crippen molar-refractivity contribution in [1.82, 2.24) is 0 Å². The summed E-state index contributed by atoms with van der Waals surface area (Å²) in [4.78, 5) is 12.4. The van der Waals surface area contributed by atoms with Gasteiger partial charge in [-0.2, -0.15) is 0 Å². The van der Waals surface area contributed by atoms with Crippen molar-refractivity contribution in [1.29, 1.82) is 0 Å². The van der Waals surface area contributed by atoms with Gasteiger partial charge in [0.05, 0.1) is 0 Å². The third-order valence-corrected chi connectivity index (χ3v) is 5.21. The number of alkyl halides is 1. The number of fused-ring (bicyclic) bond motifs is 1. The van der Waals surface area contributed by atoms with Crippen LogP contribution < -0.4 is 0 Å². The zero-order valence-electron chi connectivity index (χ0n) is 10.3. The van der Waals surface area contributed by atoms with Crippen molar-refractivity contribution in [2.75, 3.05) is 0 Å². The van der Waals surface area contributed by atoms with Crippen LogP contribution in [0.1, 0.15) is 11.1 Å². The summed E-state index contributed by atoms with van der Waals surface area (Å²) in [5, 5.41) is 0. The lowest BCUT2D eigenvalue weighted by Gasteiger charge is -2.31. The minimum atomic E-state index is -1.01. The molecule has 0 saturated heterocycles. The molecule has 3 rings (SSSR count). The van der Waals surface area contributed by atoms with Crippen LogP contribution in [0.3, 0.4) is 0 Å². The lowest BCUT2D eigenvalue weighted by Crippen LogP contribution is -2.21. The molecule has 0 N–H and O–H groups in total. The second-order valence-corrected chi connectivity index (χ2v) is 6.51. The van der Waals surface area contributed by atoms with E-state index < -0.39 is 4.21 Å². The molecule has 1 aliphatic rings. The van der Waals surface area contributed by atoms with Crippen molar-refractivity contribution in [2.24, 2.45) is 0 Å². The maximum absolute atomic E-state index is 13.1. The molecule has 0 bridgehead atoms. The molecule has 0 spiro atoms. The molecule has 1 atom stereocenters. The van der Waals surface area contributed by atoms with E-state index in [1.165, 1.54) is 23.9 Å². The van der Waals surface area contributed by atoms with E-state index in [9.17, 15) is 9.18 Å². The number of carbonyl (C=O) groups is 1.